The van der Waals surface area contributed by atoms with Crippen LogP contribution in [0.3, 0.4) is 0 Å². The van der Waals surface area contributed by atoms with Crippen molar-refractivity contribution in [1.29, 1.82) is 0 Å². The summed E-state index contributed by atoms with van der Waals surface area (Å²) in [6.07, 6.45) is 12.7. The van der Waals surface area contributed by atoms with Crippen LogP contribution in [-0.2, 0) is 10.8 Å². The molecule has 0 aromatic heterocycles. The highest BCUT2D eigenvalue weighted by Crippen LogP contribution is 2.47. The predicted octanol–water partition coefficient (Wildman–Crippen LogP) is 9.40. The van der Waals surface area contributed by atoms with Gasteiger partial charge in [0.2, 0.25) is 5.69 Å². The second-order valence-corrected chi connectivity index (χ2v) is 13.2. The van der Waals surface area contributed by atoms with E-state index >= 15 is 0 Å². The van der Waals surface area contributed by atoms with E-state index in [9.17, 15) is 0 Å². The van der Waals surface area contributed by atoms with Gasteiger partial charge >= 0.3 is 0 Å². The summed E-state index contributed by atoms with van der Waals surface area (Å²) < 4.78 is 2.47. The van der Waals surface area contributed by atoms with Gasteiger partial charge in [0.1, 0.15) is 6.54 Å². The lowest BCUT2D eigenvalue weighted by molar-refractivity contribution is -0.433. The molecule has 4 heteroatoms. The van der Waals surface area contributed by atoms with E-state index in [2.05, 4.69) is 141 Å². The lowest BCUT2D eigenvalue weighted by Crippen LogP contribution is -2.27. The SMILES string of the molecule is CCN1/C(=C/C=C2\CCCC(/C=C/C3=[N+](CC)c4ccccc4C3(C)C)=C2Nc2ccc(N)cc2)C(C)(C)c2ccccc21. The Morgan fingerprint density at radius 2 is 1.52 bits per heavy atom. The van der Waals surface area contributed by atoms with Gasteiger partial charge in [0.05, 0.1) is 5.41 Å². The number of nitrogens with two attached hydrogens (primary N) is 1. The van der Waals surface area contributed by atoms with Crippen molar-refractivity contribution in [3.63, 3.8) is 0 Å². The Kier molecular flexibility index (Phi) is 7.88. The minimum Gasteiger partial charge on any atom is -0.399 e. The Labute approximate surface area is 264 Å². The van der Waals surface area contributed by atoms with Crippen LogP contribution in [0.25, 0.3) is 0 Å². The summed E-state index contributed by atoms with van der Waals surface area (Å²) in [6, 6.07) is 25.8. The Bertz CT molecular complexity index is 1730. The second-order valence-electron chi connectivity index (χ2n) is 13.2. The topological polar surface area (TPSA) is 44.3 Å². The molecule has 0 amide bonds. The van der Waals surface area contributed by atoms with E-state index in [-0.39, 0.29) is 10.8 Å². The first-order valence-electron chi connectivity index (χ1n) is 16.2. The van der Waals surface area contributed by atoms with Crippen molar-refractivity contribution in [3.8, 4) is 0 Å². The normalized spacial score (nSPS) is 20.6. The van der Waals surface area contributed by atoms with Gasteiger partial charge in [-0.1, -0.05) is 62.4 Å². The van der Waals surface area contributed by atoms with Crippen LogP contribution in [0.4, 0.5) is 22.7 Å². The molecule has 44 heavy (non-hydrogen) atoms. The van der Waals surface area contributed by atoms with Crippen LogP contribution < -0.4 is 16.0 Å². The number of hydrogen-bond donors (Lipinski definition) is 2. The molecule has 2 heterocycles. The fraction of sp³-hybridized carbons (Fsp3) is 0.325. The average molecular weight is 584 g/mol. The number of nitrogens with one attached hydrogen (secondary N) is 1. The molecule has 3 N–H and O–H groups in total. The molecule has 2 aliphatic heterocycles. The third-order valence-corrected chi connectivity index (χ3v) is 9.83. The van der Waals surface area contributed by atoms with Crippen molar-refractivity contribution in [3.05, 3.63) is 131 Å². The Hall–Kier alpha value is -4.31. The largest absolute Gasteiger partial charge is 0.399 e. The fourth-order valence-electron chi connectivity index (χ4n) is 7.45. The average Bonchev–Trinajstić information content (AvgIpc) is 3.38. The first-order chi connectivity index (χ1) is 21.2. The molecule has 1 aliphatic carbocycles. The van der Waals surface area contributed by atoms with E-state index in [1.54, 1.807) is 0 Å². The van der Waals surface area contributed by atoms with Crippen LogP contribution in [0.1, 0.15) is 71.9 Å². The maximum atomic E-state index is 6.04. The van der Waals surface area contributed by atoms with Crippen molar-refractivity contribution >= 4 is 28.5 Å². The molecule has 0 fully saturated rings. The molecule has 3 aromatic carbocycles. The molecule has 3 aliphatic rings. The van der Waals surface area contributed by atoms with Crippen molar-refractivity contribution < 1.29 is 4.58 Å². The third kappa shape index (κ3) is 5.11. The van der Waals surface area contributed by atoms with Gasteiger partial charge in [-0.3, -0.25) is 0 Å². The van der Waals surface area contributed by atoms with Gasteiger partial charge in [0, 0.05) is 58.1 Å². The number of allylic oxidation sites excluding steroid dienone is 7. The maximum absolute atomic E-state index is 6.04. The molecule has 0 unspecified atom stereocenters. The third-order valence-electron chi connectivity index (χ3n) is 9.83. The van der Waals surface area contributed by atoms with Gasteiger partial charge in [-0.05, 0) is 100 Å². The molecule has 0 bridgehead atoms. The monoisotopic (exact) mass is 583 g/mol. The van der Waals surface area contributed by atoms with E-state index in [0.29, 0.717) is 0 Å². The number of fused-ring (bicyclic) bond motifs is 2. The predicted molar refractivity (Wildman–Crippen MR) is 188 cm³/mol. The standard InChI is InChI=1S/C40H46N4/c1-7-43-34-18-11-9-16-32(34)39(3,4)36(43)26-20-28-14-13-15-29(38(28)42-31-24-22-30(41)23-25-31)21-27-37-40(5,6)33-17-10-12-19-35(33)44(37)8-2/h9-12,16-27H,7-8,13-15,41H2,1-6H3/p+1/b28-20+,36-26+. The van der Waals surface area contributed by atoms with Crippen molar-refractivity contribution in [2.45, 2.75) is 71.6 Å². The van der Waals surface area contributed by atoms with Gasteiger partial charge in [-0.25, -0.2) is 0 Å². The van der Waals surface area contributed by atoms with Crippen LogP contribution in [0, 0.1) is 0 Å². The van der Waals surface area contributed by atoms with Gasteiger partial charge < -0.3 is 16.0 Å². The summed E-state index contributed by atoms with van der Waals surface area (Å²) in [5, 5.41) is 3.82. The summed E-state index contributed by atoms with van der Waals surface area (Å²) in [6.45, 7) is 15.8. The zero-order valence-electron chi connectivity index (χ0n) is 27.2. The van der Waals surface area contributed by atoms with Crippen LogP contribution >= 0.6 is 0 Å². The Morgan fingerprint density at radius 1 is 0.818 bits per heavy atom. The van der Waals surface area contributed by atoms with Crippen molar-refractivity contribution in [2.75, 3.05) is 29.0 Å². The minimum atomic E-state index is -0.0569. The van der Waals surface area contributed by atoms with Gasteiger partial charge in [-0.2, -0.15) is 4.58 Å². The van der Waals surface area contributed by atoms with Crippen molar-refractivity contribution in [2.24, 2.45) is 0 Å². The molecule has 0 spiro atoms. The van der Waals surface area contributed by atoms with Gasteiger partial charge in [0.15, 0.2) is 5.71 Å². The molecule has 4 nitrogen and oxygen atoms in total. The second kappa shape index (κ2) is 11.6. The highest BCUT2D eigenvalue weighted by atomic mass is 15.2. The zero-order valence-corrected chi connectivity index (χ0v) is 27.2. The van der Waals surface area contributed by atoms with Crippen LogP contribution in [0.5, 0.6) is 0 Å². The number of anilines is 3. The van der Waals surface area contributed by atoms with E-state index in [4.69, 9.17) is 5.73 Å². The highest BCUT2D eigenvalue weighted by Gasteiger charge is 2.43. The van der Waals surface area contributed by atoms with E-state index in [1.807, 2.05) is 12.1 Å². The molecular weight excluding hydrogens is 536 g/mol. The van der Waals surface area contributed by atoms with Gasteiger partial charge in [0.25, 0.3) is 0 Å². The fourth-order valence-corrected chi connectivity index (χ4v) is 7.45. The van der Waals surface area contributed by atoms with E-state index in [1.165, 1.54) is 50.8 Å². The summed E-state index contributed by atoms with van der Waals surface area (Å²) in [4.78, 5) is 2.47. The number of nitrogen functional groups attached to an aromatic ring is 1. The molecule has 0 saturated heterocycles. The molecule has 0 atom stereocenters. The van der Waals surface area contributed by atoms with Crippen LogP contribution in [0.15, 0.2) is 120 Å². The first kappa shape index (κ1) is 29.7. The lowest BCUT2D eigenvalue weighted by Gasteiger charge is -2.27. The Morgan fingerprint density at radius 3 is 2.25 bits per heavy atom. The summed E-state index contributed by atoms with van der Waals surface area (Å²) in [5.41, 5.74) is 19.8. The number of benzene rings is 3. The minimum absolute atomic E-state index is 0.0569. The van der Waals surface area contributed by atoms with Gasteiger partial charge in [-0.15, -0.1) is 0 Å². The molecule has 0 radical (unpaired) electrons. The van der Waals surface area contributed by atoms with E-state index in [0.717, 1.165) is 43.7 Å². The highest BCUT2D eigenvalue weighted by molar-refractivity contribution is 6.03. The summed E-state index contributed by atoms with van der Waals surface area (Å²) in [7, 11) is 0. The first-order valence-corrected chi connectivity index (χ1v) is 16.2. The molecule has 6 rings (SSSR count). The number of para-hydroxylation sites is 2. The summed E-state index contributed by atoms with van der Waals surface area (Å²) in [5.74, 6) is 0. The molecule has 0 saturated carbocycles. The number of hydrogen-bond acceptors (Lipinski definition) is 3. The summed E-state index contributed by atoms with van der Waals surface area (Å²) >= 11 is 0. The van der Waals surface area contributed by atoms with Crippen LogP contribution in [0.2, 0.25) is 0 Å². The maximum Gasteiger partial charge on any atom is 0.209 e. The smallest absolute Gasteiger partial charge is 0.209 e. The molecule has 3 aromatic rings. The number of nitrogens with zero attached hydrogens (tertiary/aromatic N) is 2. The lowest BCUT2D eigenvalue weighted by atomic mass is 9.81. The molecular formula is C40H47N4+. The Balaban J connectivity index is 1.44. The van der Waals surface area contributed by atoms with E-state index < -0.39 is 0 Å². The number of likely N-dealkylation sites (N-methyl/N-ethyl adjacent to an activating group) is 1. The van der Waals surface area contributed by atoms with Crippen LogP contribution in [-0.4, -0.2) is 23.4 Å². The van der Waals surface area contributed by atoms with Crippen molar-refractivity contribution in [1.82, 2.24) is 0 Å². The quantitative estimate of drug-likeness (QED) is 0.215. The molecule has 226 valence electrons. The number of rotatable bonds is 7. The zero-order chi connectivity index (χ0) is 31.1.